The number of benzene rings is 1. The van der Waals surface area contributed by atoms with Gasteiger partial charge >= 0.3 is 0 Å². The van der Waals surface area contributed by atoms with Crippen LogP contribution in [0.25, 0.3) is 10.2 Å². The molecule has 1 amide bonds. The molecular weight excluding hydrogens is 378 g/mol. The topological polar surface area (TPSA) is 74.8 Å². The van der Waals surface area contributed by atoms with E-state index in [0.29, 0.717) is 5.16 Å². The normalized spacial score (nSPS) is 19.3. The molecule has 138 valence electrons. The number of thioether (sulfide) groups is 1. The first kappa shape index (κ1) is 17.0. The molecular formula is C20H19N3O2S2. The summed E-state index contributed by atoms with van der Waals surface area (Å²) in [5, 5.41) is 4.04. The first-order valence-corrected chi connectivity index (χ1v) is 11.0. The van der Waals surface area contributed by atoms with Crippen LogP contribution in [0.2, 0.25) is 0 Å². The first-order valence-electron chi connectivity index (χ1n) is 9.29. The number of fused-ring (bicyclic) bond motifs is 4. The Bertz CT molecular complexity index is 1100. The summed E-state index contributed by atoms with van der Waals surface area (Å²) >= 11 is 3.00. The summed E-state index contributed by atoms with van der Waals surface area (Å²) in [6.07, 6.45) is 5.87. The van der Waals surface area contributed by atoms with Gasteiger partial charge in [0.05, 0.1) is 10.6 Å². The van der Waals surface area contributed by atoms with Crippen LogP contribution in [-0.4, -0.2) is 21.1 Å². The van der Waals surface area contributed by atoms with Crippen LogP contribution in [0.4, 0.5) is 5.69 Å². The minimum atomic E-state index is -0.271. The van der Waals surface area contributed by atoms with Gasteiger partial charge in [0.25, 0.3) is 5.56 Å². The van der Waals surface area contributed by atoms with Gasteiger partial charge in [0.1, 0.15) is 4.83 Å². The van der Waals surface area contributed by atoms with E-state index >= 15 is 0 Å². The molecule has 7 heteroatoms. The lowest BCUT2D eigenvalue weighted by Crippen LogP contribution is -2.24. The van der Waals surface area contributed by atoms with Gasteiger partial charge in [-0.05, 0) is 55.7 Å². The van der Waals surface area contributed by atoms with Crippen LogP contribution in [0, 0.1) is 0 Å². The van der Waals surface area contributed by atoms with Crippen molar-refractivity contribution in [2.24, 2.45) is 0 Å². The van der Waals surface area contributed by atoms with Gasteiger partial charge in [-0.3, -0.25) is 9.59 Å². The Morgan fingerprint density at radius 3 is 2.89 bits per heavy atom. The van der Waals surface area contributed by atoms with Crippen LogP contribution in [0.3, 0.4) is 0 Å². The van der Waals surface area contributed by atoms with Gasteiger partial charge in [-0.15, -0.1) is 11.3 Å². The summed E-state index contributed by atoms with van der Waals surface area (Å²) < 4.78 is 0. The number of amides is 1. The first-order chi connectivity index (χ1) is 13.2. The molecule has 0 saturated carbocycles. The van der Waals surface area contributed by atoms with Gasteiger partial charge in [-0.2, -0.15) is 0 Å². The number of hydrogen-bond acceptors (Lipinski definition) is 5. The van der Waals surface area contributed by atoms with Crippen molar-refractivity contribution in [2.75, 3.05) is 5.32 Å². The van der Waals surface area contributed by atoms with Crippen LogP contribution in [-0.2, 0) is 24.1 Å². The quantitative estimate of drug-likeness (QED) is 0.643. The molecule has 1 aliphatic heterocycles. The van der Waals surface area contributed by atoms with E-state index in [2.05, 4.69) is 10.3 Å². The Morgan fingerprint density at radius 2 is 1.96 bits per heavy atom. The predicted molar refractivity (Wildman–Crippen MR) is 110 cm³/mol. The van der Waals surface area contributed by atoms with Crippen molar-refractivity contribution in [2.45, 2.75) is 48.9 Å². The number of thiophene rings is 1. The highest BCUT2D eigenvalue weighted by Gasteiger charge is 2.26. The Morgan fingerprint density at radius 1 is 1.11 bits per heavy atom. The van der Waals surface area contributed by atoms with Gasteiger partial charge in [0, 0.05) is 10.6 Å². The monoisotopic (exact) mass is 397 g/mol. The van der Waals surface area contributed by atoms with Crippen LogP contribution in [0.15, 0.2) is 34.2 Å². The minimum absolute atomic E-state index is 0.0295. The number of aromatic amines is 1. The number of hydrogen-bond donors (Lipinski definition) is 2. The summed E-state index contributed by atoms with van der Waals surface area (Å²) in [7, 11) is 0. The zero-order chi connectivity index (χ0) is 18.4. The molecule has 0 saturated heterocycles. The second kappa shape index (κ2) is 6.80. The van der Waals surface area contributed by atoms with E-state index in [1.54, 1.807) is 11.3 Å². The molecule has 5 nitrogen and oxygen atoms in total. The zero-order valence-corrected chi connectivity index (χ0v) is 16.3. The largest absolute Gasteiger partial charge is 0.325 e. The molecule has 3 heterocycles. The Kier molecular flexibility index (Phi) is 4.28. The van der Waals surface area contributed by atoms with Crippen molar-refractivity contribution in [1.82, 2.24) is 9.97 Å². The van der Waals surface area contributed by atoms with E-state index in [9.17, 15) is 9.59 Å². The third-order valence-corrected chi connectivity index (χ3v) is 7.64. The molecule has 2 aliphatic rings. The lowest BCUT2D eigenvalue weighted by Gasteiger charge is -2.12. The number of carbonyl (C=O) groups excluding carboxylic acids is 1. The molecule has 1 aliphatic carbocycles. The molecule has 2 aromatic heterocycles. The Labute approximate surface area is 164 Å². The number of aryl methyl sites for hydroxylation is 3. The third kappa shape index (κ3) is 3.08. The fourth-order valence-electron chi connectivity index (χ4n) is 3.94. The van der Waals surface area contributed by atoms with Gasteiger partial charge in [-0.1, -0.05) is 30.0 Å². The SMILES string of the molecule is O=C1Nc2ccccc2CCC1Sc1nc2sc3c(c2c(=O)[nH]1)CCCC3. The van der Waals surface area contributed by atoms with Gasteiger partial charge in [0.2, 0.25) is 5.91 Å². The smallest absolute Gasteiger partial charge is 0.260 e. The maximum atomic E-state index is 12.7. The van der Waals surface area contributed by atoms with Crippen molar-refractivity contribution >= 4 is 44.9 Å². The number of carbonyl (C=O) groups is 1. The molecule has 1 atom stereocenters. The Balaban J connectivity index is 1.45. The van der Waals surface area contributed by atoms with Crippen molar-refractivity contribution < 1.29 is 4.79 Å². The van der Waals surface area contributed by atoms with Crippen LogP contribution in [0.5, 0.6) is 0 Å². The maximum absolute atomic E-state index is 12.7. The number of aromatic nitrogens is 2. The zero-order valence-electron chi connectivity index (χ0n) is 14.7. The average Bonchev–Trinajstić information content (AvgIpc) is 2.96. The number of rotatable bonds is 2. The molecule has 1 aromatic carbocycles. The molecule has 3 aromatic rings. The molecule has 27 heavy (non-hydrogen) atoms. The standard InChI is InChI=1S/C20H19N3O2S2/c24-17-15(10-9-11-5-1-3-7-13(11)21-17)27-20-22-18(25)16-12-6-2-4-8-14(12)26-19(16)23-20/h1,3,5,7,15H,2,4,6,8-10H2,(H,21,24)(H,22,23,25). The number of nitrogens with one attached hydrogen (secondary N) is 2. The minimum Gasteiger partial charge on any atom is -0.325 e. The number of anilines is 1. The molecule has 0 bridgehead atoms. The van der Waals surface area contributed by atoms with E-state index in [1.165, 1.54) is 28.6 Å². The molecule has 1 unspecified atom stereocenters. The van der Waals surface area contributed by atoms with E-state index in [-0.39, 0.29) is 16.7 Å². The summed E-state index contributed by atoms with van der Waals surface area (Å²) in [6.45, 7) is 0. The third-order valence-electron chi connectivity index (χ3n) is 5.30. The highest BCUT2D eigenvalue weighted by atomic mass is 32.2. The molecule has 5 rings (SSSR count). The fraction of sp³-hybridized carbons (Fsp3) is 0.350. The number of H-pyrrole nitrogens is 1. The van der Waals surface area contributed by atoms with Crippen molar-refractivity contribution in [1.29, 1.82) is 0 Å². The lowest BCUT2D eigenvalue weighted by atomic mass is 9.97. The number of para-hydroxylation sites is 1. The molecule has 2 N–H and O–H groups in total. The summed E-state index contributed by atoms with van der Waals surface area (Å²) in [5.41, 5.74) is 3.15. The summed E-state index contributed by atoms with van der Waals surface area (Å²) in [6, 6.07) is 7.90. The predicted octanol–water partition coefficient (Wildman–Crippen LogP) is 3.91. The van der Waals surface area contributed by atoms with Crippen LogP contribution >= 0.6 is 23.1 Å². The van der Waals surface area contributed by atoms with E-state index < -0.39 is 0 Å². The van der Waals surface area contributed by atoms with Crippen molar-refractivity contribution in [3.63, 3.8) is 0 Å². The van der Waals surface area contributed by atoms with E-state index in [1.807, 2.05) is 24.3 Å². The average molecular weight is 398 g/mol. The van der Waals surface area contributed by atoms with Crippen molar-refractivity contribution in [3.05, 3.63) is 50.6 Å². The summed E-state index contributed by atoms with van der Waals surface area (Å²) in [4.78, 5) is 35.1. The molecule has 0 fully saturated rings. The second-order valence-electron chi connectivity index (χ2n) is 7.05. The van der Waals surface area contributed by atoms with E-state index in [4.69, 9.17) is 4.98 Å². The maximum Gasteiger partial charge on any atom is 0.260 e. The summed E-state index contributed by atoms with van der Waals surface area (Å²) in [5.74, 6) is -0.0295. The highest BCUT2D eigenvalue weighted by Crippen LogP contribution is 2.35. The lowest BCUT2D eigenvalue weighted by molar-refractivity contribution is -0.115. The van der Waals surface area contributed by atoms with Gasteiger partial charge in [-0.25, -0.2) is 4.98 Å². The molecule has 0 spiro atoms. The number of nitrogens with zero attached hydrogens (tertiary/aromatic N) is 1. The van der Waals surface area contributed by atoms with Crippen LogP contribution < -0.4 is 10.9 Å². The fourth-order valence-corrected chi connectivity index (χ4v) is 6.22. The van der Waals surface area contributed by atoms with Crippen LogP contribution in [0.1, 0.15) is 35.3 Å². The second-order valence-corrected chi connectivity index (χ2v) is 9.33. The van der Waals surface area contributed by atoms with Gasteiger partial charge in [0.15, 0.2) is 5.16 Å². The van der Waals surface area contributed by atoms with E-state index in [0.717, 1.165) is 53.6 Å². The Hall–Kier alpha value is -2.12. The van der Waals surface area contributed by atoms with Gasteiger partial charge < -0.3 is 10.3 Å². The molecule has 0 radical (unpaired) electrons. The van der Waals surface area contributed by atoms with Crippen molar-refractivity contribution in [3.8, 4) is 0 Å². The highest BCUT2D eigenvalue weighted by molar-refractivity contribution is 8.00.